The fraction of sp³-hybridized carbons (Fsp3) is 0.733. The highest BCUT2D eigenvalue weighted by Gasteiger charge is 2.44. The lowest BCUT2D eigenvalue weighted by Gasteiger charge is -2.42. The van der Waals surface area contributed by atoms with Crippen LogP contribution in [0.3, 0.4) is 0 Å². The molecular formula is C15H28O2Si. The molecule has 0 aliphatic carbocycles. The van der Waals surface area contributed by atoms with E-state index in [1.807, 2.05) is 12.1 Å². The van der Waals surface area contributed by atoms with Gasteiger partial charge >= 0.3 is 0 Å². The van der Waals surface area contributed by atoms with Crippen LogP contribution in [0.25, 0.3) is 0 Å². The highest BCUT2D eigenvalue weighted by Crippen LogP contribution is 2.42. The Bertz CT molecular complexity index is 306. The third-order valence-corrected chi connectivity index (χ3v) is 10.1. The summed E-state index contributed by atoms with van der Waals surface area (Å²) in [5, 5.41) is 0. The van der Waals surface area contributed by atoms with Crippen LogP contribution in [0.15, 0.2) is 22.8 Å². The Morgan fingerprint density at radius 3 is 2.00 bits per heavy atom. The molecule has 0 bridgehead atoms. The molecule has 0 radical (unpaired) electrons. The molecule has 0 spiro atoms. The largest absolute Gasteiger partial charge is 0.469 e. The van der Waals surface area contributed by atoms with Crippen molar-refractivity contribution < 1.29 is 8.84 Å². The molecule has 0 aliphatic heterocycles. The topological polar surface area (TPSA) is 22.4 Å². The Labute approximate surface area is 113 Å². The molecule has 1 aromatic rings. The van der Waals surface area contributed by atoms with Crippen molar-refractivity contribution in [3.8, 4) is 0 Å². The second-order valence-electron chi connectivity index (χ2n) is 6.00. The first-order valence-electron chi connectivity index (χ1n) is 7.07. The first kappa shape index (κ1) is 15.5. The smallest absolute Gasteiger partial charge is 0.200 e. The van der Waals surface area contributed by atoms with E-state index in [0.717, 1.165) is 18.8 Å². The van der Waals surface area contributed by atoms with Crippen LogP contribution in [0.5, 0.6) is 0 Å². The predicted molar refractivity (Wildman–Crippen MR) is 79.4 cm³/mol. The van der Waals surface area contributed by atoms with Crippen molar-refractivity contribution in [3.63, 3.8) is 0 Å². The van der Waals surface area contributed by atoms with Gasteiger partial charge in [0.2, 0.25) is 0 Å². The van der Waals surface area contributed by atoms with E-state index in [1.54, 1.807) is 6.26 Å². The zero-order valence-electron chi connectivity index (χ0n) is 12.7. The van der Waals surface area contributed by atoms with Crippen LogP contribution >= 0.6 is 0 Å². The van der Waals surface area contributed by atoms with Gasteiger partial charge in [-0.2, -0.15) is 0 Å². The normalized spacial score (nSPS) is 12.9. The molecule has 0 saturated carbocycles. The average Bonchev–Trinajstić information content (AvgIpc) is 2.75. The maximum atomic E-state index is 6.47. The molecule has 0 N–H and O–H groups in total. The monoisotopic (exact) mass is 268 g/mol. The minimum Gasteiger partial charge on any atom is -0.469 e. The van der Waals surface area contributed by atoms with Gasteiger partial charge in [0.25, 0.3) is 0 Å². The van der Waals surface area contributed by atoms with Gasteiger partial charge in [-0.05, 0) is 28.8 Å². The third-order valence-electron chi connectivity index (χ3n) is 3.99. The van der Waals surface area contributed by atoms with E-state index in [9.17, 15) is 0 Å². The molecule has 1 rings (SSSR count). The summed E-state index contributed by atoms with van der Waals surface area (Å²) in [6.45, 7) is 14.7. The highest BCUT2D eigenvalue weighted by molar-refractivity contribution is 6.77. The number of furan rings is 1. The predicted octanol–water partition coefficient (Wildman–Crippen LogP) is 5.01. The zero-order valence-corrected chi connectivity index (χ0v) is 13.7. The Hall–Kier alpha value is -0.543. The molecule has 0 aliphatic rings. The van der Waals surface area contributed by atoms with Gasteiger partial charge in [-0.15, -0.1) is 0 Å². The molecule has 0 atom stereocenters. The van der Waals surface area contributed by atoms with Crippen molar-refractivity contribution in [3.05, 3.63) is 24.2 Å². The maximum absolute atomic E-state index is 6.47. The summed E-state index contributed by atoms with van der Waals surface area (Å²) in [7, 11) is -1.70. The lowest BCUT2D eigenvalue weighted by Crippen LogP contribution is -2.48. The molecule has 1 heterocycles. The van der Waals surface area contributed by atoms with Crippen LogP contribution in [0.2, 0.25) is 16.6 Å². The van der Waals surface area contributed by atoms with Crippen molar-refractivity contribution >= 4 is 8.32 Å². The summed E-state index contributed by atoms with van der Waals surface area (Å²) in [5.41, 5.74) is 1.94. The fourth-order valence-electron chi connectivity index (χ4n) is 3.28. The van der Waals surface area contributed by atoms with E-state index in [0.29, 0.717) is 16.6 Å². The van der Waals surface area contributed by atoms with Gasteiger partial charge in [-0.25, -0.2) is 0 Å². The number of rotatable bonds is 7. The van der Waals surface area contributed by atoms with Crippen molar-refractivity contribution in [1.29, 1.82) is 0 Å². The van der Waals surface area contributed by atoms with Gasteiger partial charge in [0, 0.05) is 13.0 Å². The van der Waals surface area contributed by atoms with E-state index < -0.39 is 8.32 Å². The average molecular weight is 268 g/mol. The van der Waals surface area contributed by atoms with Gasteiger partial charge in [0.1, 0.15) is 5.76 Å². The highest BCUT2D eigenvalue weighted by atomic mass is 28.4. The Morgan fingerprint density at radius 2 is 1.61 bits per heavy atom. The van der Waals surface area contributed by atoms with Crippen molar-refractivity contribution in [2.45, 2.75) is 64.6 Å². The number of hydrogen-bond acceptors (Lipinski definition) is 2. The molecule has 0 amide bonds. The summed E-state index contributed by atoms with van der Waals surface area (Å²) in [6.07, 6.45) is 2.61. The number of hydrogen-bond donors (Lipinski definition) is 0. The van der Waals surface area contributed by atoms with Gasteiger partial charge in [-0.3, -0.25) is 0 Å². The van der Waals surface area contributed by atoms with Gasteiger partial charge < -0.3 is 8.84 Å². The molecule has 0 unspecified atom stereocenters. The summed E-state index contributed by atoms with van der Waals surface area (Å²) in [6, 6.07) is 3.96. The minimum atomic E-state index is -1.70. The lowest BCUT2D eigenvalue weighted by atomic mass is 10.3. The maximum Gasteiger partial charge on any atom is 0.200 e. The summed E-state index contributed by atoms with van der Waals surface area (Å²) in [4.78, 5) is 0. The summed E-state index contributed by atoms with van der Waals surface area (Å²) >= 11 is 0. The molecule has 3 heteroatoms. The van der Waals surface area contributed by atoms with E-state index in [1.165, 1.54) is 0 Å². The quantitative estimate of drug-likeness (QED) is 0.648. The van der Waals surface area contributed by atoms with Crippen molar-refractivity contribution in [2.24, 2.45) is 0 Å². The second kappa shape index (κ2) is 6.57. The second-order valence-corrected chi connectivity index (χ2v) is 11.5. The summed E-state index contributed by atoms with van der Waals surface area (Å²) in [5.74, 6) is 1.02. The first-order chi connectivity index (χ1) is 8.41. The molecule has 1 aromatic heterocycles. The molecule has 104 valence electrons. The SMILES string of the molecule is CC(C)[Si](OCCc1ccco1)(C(C)C)C(C)C. The van der Waals surface area contributed by atoms with Crippen LogP contribution in [0.1, 0.15) is 47.3 Å². The molecule has 18 heavy (non-hydrogen) atoms. The van der Waals surface area contributed by atoms with Crippen LogP contribution in [0.4, 0.5) is 0 Å². The van der Waals surface area contributed by atoms with Crippen LogP contribution in [-0.4, -0.2) is 14.9 Å². The van der Waals surface area contributed by atoms with Gasteiger partial charge in [-0.1, -0.05) is 41.5 Å². The molecule has 2 nitrogen and oxygen atoms in total. The van der Waals surface area contributed by atoms with E-state index >= 15 is 0 Å². The Balaban J connectivity index is 2.67. The Kier molecular flexibility index (Phi) is 5.67. The Morgan fingerprint density at radius 1 is 1.06 bits per heavy atom. The van der Waals surface area contributed by atoms with Crippen LogP contribution < -0.4 is 0 Å². The van der Waals surface area contributed by atoms with E-state index in [-0.39, 0.29) is 0 Å². The molecule has 0 saturated heterocycles. The van der Waals surface area contributed by atoms with Crippen molar-refractivity contribution in [1.82, 2.24) is 0 Å². The van der Waals surface area contributed by atoms with Crippen LogP contribution in [0, 0.1) is 0 Å². The lowest BCUT2D eigenvalue weighted by molar-refractivity contribution is 0.272. The molecular weight excluding hydrogens is 240 g/mol. The summed E-state index contributed by atoms with van der Waals surface area (Å²) < 4.78 is 11.8. The fourth-order valence-corrected chi connectivity index (χ4v) is 8.74. The van der Waals surface area contributed by atoms with E-state index in [4.69, 9.17) is 8.84 Å². The van der Waals surface area contributed by atoms with Gasteiger partial charge in [0.05, 0.1) is 6.26 Å². The standard InChI is InChI=1S/C15H28O2Si/c1-12(2)18(13(3)4,14(5)6)17-11-9-15-8-7-10-16-15/h7-8,10,12-14H,9,11H2,1-6H3. The first-order valence-corrected chi connectivity index (χ1v) is 9.21. The molecule has 0 fully saturated rings. The van der Waals surface area contributed by atoms with Crippen molar-refractivity contribution in [2.75, 3.05) is 6.61 Å². The van der Waals surface area contributed by atoms with Gasteiger partial charge in [0.15, 0.2) is 8.32 Å². The third kappa shape index (κ3) is 3.26. The van der Waals surface area contributed by atoms with E-state index in [2.05, 4.69) is 41.5 Å². The zero-order chi connectivity index (χ0) is 13.8. The molecule has 0 aromatic carbocycles. The van der Waals surface area contributed by atoms with Crippen LogP contribution in [-0.2, 0) is 10.8 Å². The minimum absolute atomic E-state index is 0.647.